The molecule has 4 aromatic heterocycles. The van der Waals surface area contributed by atoms with Crippen molar-refractivity contribution in [3.05, 3.63) is 83.3 Å². The number of nitrogens with one attached hydrogen (secondary N) is 3. The number of aromatic amines is 1. The smallest absolute Gasteiger partial charge is 0.227 e. The fraction of sp³-hybridized carbons (Fsp3) is 0.172. The molecule has 1 aromatic carbocycles. The largest absolute Gasteiger partial charge is 0.381 e. The van der Waals surface area contributed by atoms with Crippen LogP contribution in [0.5, 0.6) is 0 Å². The lowest BCUT2D eigenvalue weighted by Gasteiger charge is -2.23. The highest BCUT2D eigenvalue weighted by Gasteiger charge is 2.29. The summed E-state index contributed by atoms with van der Waals surface area (Å²) < 4.78 is 13.8. The average Bonchev–Trinajstić information content (AvgIpc) is 3.56. The second-order valence-corrected chi connectivity index (χ2v) is 10.8. The Balaban J connectivity index is 1.29. The van der Waals surface area contributed by atoms with Gasteiger partial charge < -0.3 is 15.6 Å². The lowest BCUT2D eigenvalue weighted by atomic mass is 9.92. The molecule has 0 unspecified atom stereocenters. The minimum absolute atomic E-state index is 0.0588. The van der Waals surface area contributed by atoms with E-state index in [0.717, 1.165) is 85.0 Å². The number of pyridine rings is 2. The van der Waals surface area contributed by atoms with Crippen LogP contribution in [-0.2, 0) is 4.79 Å². The van der Waals surface area contributed by atoms with Crippen molar-refractivity contribution in [2.75, 3.05) is 17.2 Å². The third kappa shape index (κ3) is 4.05. The van der Waals surface area contributed by atoms with Crippen LogP contribution in [0.25, 0.3) is 38.2 Å². The number of hydrogen-bond donors (Lipinski definition) is 3. The first-order valence-corrected chi connectivity index (χ1v) is 13.3. The van der Waals surface area contributed by atoms with E-state index in [2.05, 4.69) is 50.7 Å². The number of benzene rings is 1. The summed E-state index contributed by atoms with van der Waals surface area (Å²) >= 11 is 1.08. The summed E-state index contributed by atoms with van der Waals surface area (Å²) in [4.78, 5) is 30.2. The number of nitrogens with zero attached hydrogens (tertiary/aromatic N) is 3. The summed E-state index contributed by atoms with van der Waals surface area (Å²) in [5.41, 5.74) is 9.16. The van der Waals surface area contributed by atoms with Gasteiger partial charge in [0, 0.05) is 57.7 Å². The van der Waals surface area contributed by atoms with Crippen LogP contribution in [0.1, 0.15) is 31.2 Å². The van der Waals surface area contributed by atoms with Crippen molar-refractivity contribution in [1.82, 2.24) is 19.9 Å². The molecule has 0 bridgehead atoms. The van der Waals surface area contributed by atoms with Crippen molar-refractivity contribution in [2.24, 2.45) is 5.92 Å². The molecule has 3 N–H and O–H groups in total. The number of hydrogen-bond acceptors (Lipinski definition) is 6. The minimum Gasteiger partial charge on any atom is -0.381 e. The molecule has 5 heterocycles. The Morgan fingerprint density at radius 2 is 1.89 bits per heavy atom. The zero-order valence-electron chi connectivity index (χ0n) is 20.5. The fourth-order valence-corrected chi connectivity index (χ4v) is 5.65. The molecular formula is C29H23FN6OS. The van der Waals surface area contributed by atoms with Crippen LogP contribution >= 0.6 is 11.3 Å². The van der Waals surface area contributed by atoms with Crippen molar-refractivity contribution >= 4 is 45.2 Å². The predicted molar refractivity (Wildman–Crippen MR) is 148 cm³/mol. The number of thiophene rings is 1. The first kappa shape index (κ1) is 22.8. The Bertz CT molecular complexity index is 1770. The van der Waals surface area contributed by atoms with Gasteiger partial charge in [-0.15, -0.1) is 11.3 Å². The highest BCUT2D eigenvalue weighted by Crippen LogP contribution is 2.39. The number of carbonyl (C=O) groups excluding carboxylic acids is 1. The molecule has 1 fully saturated rings. The Labute approximate surface area is 221 Å². The molecule has 9 heteroatoms. The van der Waals surface area contributed by atoms with Crippen molar-refractivity contribution in [3.8, 4) is 21.6 Å². The third-order valence-corrected chi connectivity index (χ3v) is 7.92. The number of halogens is 1. The first-order valence-electron chi connectivity index (χ1n) is 12.5. The van der Waals surface area contributed by atoms with E-state index in [1.807, 2.05) is 6.07 Å². The van der Waals surface area contributed by atoms with Gasteiger partial charge >= 0.3 is 0 Å². The van der Waals surface area contributed by atoms with Gasteiger partial charge in [-0.25, -0.2) is 4.98 Å². The van der Waals surface area contributed by atoms with Gasteiger partial charge in [-0.05, 0) is 61.2 Å². The SMILES string of the molecule is CC1=C(c2nc3c(-c4ccc(F)s4)cncc3[nH]2)c2cc(-c3cncc(NC(=O)C4CC4)c3)ccc2NC1. The molecule has 1 aliphatic carbocycles. The van der Waals surface area contributed by atoms with E-state index >= 15 is 0 Å². The van der Waals surface area contributed by atoms with Gasteiger partial charge in [0.05, 0.1) is 23.6 Å². The number of amides is 1. The Hall–Kier alpha value is -4.37. The number of H-pyrrole nitrogens is 1. The molecule has 0 radical (unpaired) electrons. The van der Waals surface area contributed by atoms with Gasteiger partial charge in [0.2, 0.25) is 5.91 Å². The summed E-state index contributed by atoms with van der Waals surface area (Å²) in [6.45, 7) is 2.79. The summed E-state index contributed by atoms with van der Waals surface area (Å²) in [6.07, 6.45) is 8.87. The molecule has 7 rings (SSSR count). The molecule has 188 valence electrons. The normalized spacial score (nSPS) is 14.9. The van der Waals surface area contributed by atoms with Crippen molar-refractivity contribution in [3.63, 3.8) is 0 Å². The minimum atomic E-state index is -0.239. The summed E-state index contributed by atoms with van der Waals surface area (Å²) in [5.74, 6) is 0.929. The lowest BCUT2D eigenvalue weighted by molar-refractivity contribution is -0.117. The number of aromatic nitrogens is 4. The highest BCUT2D eigenvalue weighted by molar-refractivity contribution is 7.14. The van der Waals surface area contributed by atoms with Crippen LogP contribution in [0.15, 0.2) is 66.8 Å². The molecular weight excluding hydrogens is 499 g/mol. The molecule has 0 atom stereocenters. The van der Waals surface area contributed by atoms with Crippen molar-refractivity contribution in [1.29, 1.82) is 0 Å². The van der Waals surface area contributed by atoms with Crippen LogP contribution in [0.4, 0.5) is 15.8 Å². The molecule has 1 amide bonds. The number of rotatable bonds is 5. The van der Waals surface area contributed by atoms with Crippen molar-refractivity contribution in [2.45, 2.75) is 19.8 Å². The van der Waals surface area contributed by atoms with E-state index < -0.39 is 0 Å². The maximum Gasteiger partial charge on any atom is 0.227 e. The molecule has 1 aliphatic heterocycles. The second kappa shape index (κ2) is 8.88. The molecule has 0 spiro atoms. The molecule has 7 nitrogen and oxygen atoms in total. The third-order valence-electron chi connectivity index (χ3n) is 7.02. The number of fused-ring (bicyclic) bond motifs is 2. The number of imidazole rings is 1. The van der Waals surface area contributed by atoms with Crippen LogP contribution in [-0.4, -0.2) is 32.4 Å². The monoisotopic (exact) mass is 522 g/mol. The van der Waals surface area contributed by atoms with Gasteiger partial charge in [-0.3, -0.25) is 14.8 Å². The number of anilines is 2. The van der Waals surface area contributed by atoms with Crippen LogP contribution in [0, 0.1) is 11.0 Å². The maximum absolute atomic E-state index is 13.8. The summed E-state index contributed by atoms with van der Waals surface area (Å²) in [6, 6.07) is 11.4. The zero-order valence-corrected chi connectivity index (χ0v) is 21.3. The Morgan fingerprint density at radius 1 is 1.03 bits per heavy atom. The summed E-state index contributed by atoms with van der Waals surface area (Å²) in [7, 11) is 0. The highest BCUT2D eigenvalue weighted by atomic mass is 32.1. The van der Waals surface area contributed by atoms with Gasteiger partial charge in [-0.2, -0.15) is 4.39 Å². The van der Waals surface area contributed by atoms with Crippen LogP contribution in [0.3, 0.4) is 0 Å². The van der Waals surface area contributed by atoms with Crippen molar-refractivity contribution < 1.29 is 9.18 Å². The second-order valence-electron chi connectivity index (χ2n) is 9.77. The van der Waals surface area contributed by atoms with Gasteiger partial charge in [-0.1, -0.05) is 6.07 Å². The fourth-order valence-electron chi connectivity index (χ4n) is 4.91. The predicted octanol–water partition coefficient (Wildman–Crippen LogP) is 6.48. The van der Waals surface area contributed by atoms with Crippen LogP contribution < -0.4 is 10.6 Å². The quantitative estimate of drug-likeness (QED) is 0.245. The number of carbonyl (C=O) groups is 1. The topological polar surface area (TPSA) is 95.6 Å². The van der Waals surface area contributed by atoms with Gasteiger partial charge in [0.25, 0.3) is 0 Å². The van der Waals surface area contributed by atoms with E-state index in [4.69, 9.17) is 4.98 Å². The van der Waals surface area contributed by atoms with E-state index in [-0.39, 0.29) is 17.0 Å². The van der Waals surface area contributed by atoms with E-state index in [1.54, 1.807) is 30.9 Å². The lowest BCUT2D eigenvalue weighted by Crippen LogP contribution is -2.14. The van der Waals surface area contributed by atoms with E-state index in [9.17, 15) is 9.18 Å². The molecule has 38 heavy (non-hydrogen) atoms. The van der Waals surface area contributed by atoms with E-state index in [0.29, 0.717) is 12.2 Å². The molecule has 0 saturated heterocycles. The Kier molecular flexibility index (Phi) is 5.33. The first-order chi connectivity index (χ1) is 18.5. The molecule has 5 aromatic rings. The standard InChI is InChI=1S/C29H23FN6OS/c1-15-10-33-22-5-4-17(18-8-19(12-31-11-18)34-29(37)16-2-3-16)9-20(22)26(15)28-35-23-14-32-13-21(27(23)36-28)24-6-7-25(30)38-24/h4-9,11-14,16,33H,2-3,10H2,1H3,(H,34,37)(H,35,36). The molecule has 1 saturated carbocycles. The summed E-state index contributed by atoms with van der Waals surface area (Å²) in [5, 5.41) is 6.24. The van der Waals surface area contributed by atoms with Crippen LogP contribution in [0.2, 0.25) is 0 Å². The van der Waals surface area contributed by atoms with Gasteiger partial charge in [0.15, 0.2) is 5.13 Å². The Morgan fingerprint density at radius 3 is 2.71 bits per heavy atom. The van der Waals surface area contributed by atoms with Gasteiger partial charge in [0.1, 0.15) is 11.3 Å². The van der Waals surface area contributed by atoms with E-state index in [1.165, 1.54) is 6.07 Å². The average molecular weight is 523 g/mol. The maximum atomic E-state index is 13.8. The zero-order chi connectivity index (χ0) is 25.8. The molecule has 2 aliphatic rings.